The lowest BCUT2D eigenvalue weighted by molar-refractivity contribution is -0.136. The van der Waals surface area contributed by atoms with Crippen LogP contribution in [0.4, 0.5) is 11.4 Å². The van der Waals surface area contributed by atoms with Crippen molar-refractivity contribution in [2.24, 2.45) is 11.8 Å². The van der Waals surface area contributed by atoms with Crippen molar-refractivity contribution in [2.45, 2.75) is 17.7 Å². The third-order valence-electron chi connectivity index (χ3n) is 7.66. The van der Waals surface area contributed by atoms with E-state index in [1.54, 1.807) is 92.1 Å². The highest BCUT2D eigenvalue weighted by Crippen LogP contribution is 2.50. The van der Waals surface area contributed by atoms with Crippen LogP contribution in [0.15, 0.2) is 84.9 Å². The molecular weight excluding hydrogens is 553 g/mol. The number of anilines is 2. The first-order valence-corrected chi connectivity index (χ1v) is 13.5. The summed E-state index contributed by atoms with van der Waals surface area (Å²) in [5.74, 6) is -2.29. The lowest BCUT2D eigenvalue weighted by Gasteiger charge is -2.41. The Kier molecular flexibility index (Phi) is 6.78. The van der Waals surface area contributed by atoms with Crippen LogP contribution in [0.25, 0.3) is 0 Å². The molecule has 3 aromatic rings. The van der Waals surface area contributed by atoms with E-state index < -0.39 is 35.5 Å². The first-order chi connectivity index (χ1) is 19.3. The molecule has 0 radical (unpaired) electrons. The standard InChI is InChI=1S/C30H25Cl2N3O5/c1-39-22-12-10-21(11-13-22)35-26(17-2-4-18(31)5-3-17)28(37)33-16-30-15-14-23(40-30)24(25(30)29(35)38)27(36)34-20-8-6-19(32)7-9-20/h2-15,23-26H,16H2,1H3,(H,33,37)(H,34,36)/t23-,24+,25+,26-,30+/m1/s1. The van der Waals surface area contributed by atoms with E-state index in [2.05, 4.69) is 10.6 Å². The minimum Gasteiger partial charge on any atom is -0.497 e. The lowest BCUT2D eigenvalue weighted by atomic mass is 9.73. The number of rotatable bonds is 5. The van der Waals surface area contributed by atoms with Crippen LogP contribution >= 0.6 is 23.2 Å². The molecule has 2 saturated heterocycles. The highest BCUT2D eigenvalue weighted by molar-refractivity contribution is 6.31. The molecule has 204 valence electrons. The predicted octanol–water partition coefficient (Wildman–Crippen LogP) is 4.78. The number of fused-ring (bicyclic) bond motifs is 1. The molecule has 3 aliphatic heterocycles. The second-order valence-corrected chi connectivity index (χ2v) is 10.8. The number of hydrogen-bond acceptors (Lipinski definition) is 5. The van der Waals surface area contributed by atoms with Gasteiger partial charge in [-0.1, -0.05) is 47.5 Å². The normalized spacial score (nSPS) is 27.0. The minimum atomic E-state index is -1.17. The second-order valence-electron chi connectivity index (χ2n) is 9.97. The molecule has 0 unspecified atom stereocenters. The summed E-state index contributed by atoms with van der Waals surface area (Å²) in [6.45, 7) is 0.0422. The van der Waals surface area contributed by atoms with E-state index in [1.165, 1.54) is 4.90 Å². The summed E-state index contributed by atoms with van der Waals surface area (Å²) in [6, 6.07) is 19.4. The lowest BCUT2D eigenvalue weighted by Crippen LogP contribution is -2.60. The maximum absolute atomic E-state index is 14.7. The van der Waals surface area contributed by atoms with E-state index in [9.17, 15) is 14.4 Å². The van der Waals surface area contributed by atoms with Gasteiger partial charge in [-0.3, -0.25) is 19.3 Å². The topological polar surface area (TPSA) is 97.0 Å². The molecule has 3 amide bonds. The Morgan fingerprint density at radius 3 is 2.30 bits per heavy atom. The van der Waals surface area contributed by atoms with E-state index in [4.69, 9.17) is 32.7 Å². The summed E-state index contributed by atoms with van der Waals surface area (Å²) in [5, 5.41) is 6.93. The molecular formula is C30H25Cl2N3O5. The van der Waals surface area contributed by atoms with Crippen LogP contribution in [-0.4, -0.2) is 43.1 Å². The zero-order valence-corrected chi connectivity index (χ0v) is 22.9. The molecule has 3 aliphatic rings. The van der Waals surface area contributed by atoms with Gasteiger partial charge in [-0.2, -0.15) is 0 Å². The van der Waals surface area contributed by atoms with Crippen molar-refractivity contribution in [1.29, 1.82) is 0 Å². The van der Waals surface area contributed by atoms with Gasteiger partial charge in [0.15, 0.2) is 0 Å². The highest BCUT2D eigenvalue weighted by Gasteiger charge is 2.64. The Balaban J connectivity index is 1.44. The smallest absolute Gasteiger partial charge is 0.247 e. The Hall–Kier alpha value is -3.85. The monoisotopic (exact) mass is 577 g/mol. The fraction of sp³-hybridized carbons (Fsp3) is 0.233. The van der Waals surface area contributed by atoms with Crippen LogP contribution in [0, 0.1) is 11.8 Å². The van der Waals surface area contributed by atoms with Crippen LogP contribution in [0.3, 0.4) is 0 Å². The largest absolute Gasteiger partial charge is 0.497 e. The molecule has 6 rings (SSSR count). The van der Waals surface area contributed by atoms with Gasteiger partial charge >= 0.3 is 0 Å². The maximum atomic E-state index is 14.7. The molecule has 0 saturated carbocycles. The third-order valence-corrected chi connectivity index (χ3v) is 8.17. The molecule has 3 heterocycles. The van der Waals surface area contributed by atoms with E-state index in [-0.39, 0.29) is 18.4 Å². The second kappa shape index (κ2) is 10.3. The Morgan fingerprint density at radius 1 is 1.00 bits per heavy atom. The van der Waals surface area contributed by atoms with Gasteiger partial charge in [0.05, 0.1) is 31.6 Å². The molecule has 0 aliphatic carbocycles. The molecule has 10 heteroatoms. The van der Waals surface area contributed by atoms with Crippen molar-refractivity contribution >= 4 is 52.3 Å². The number of nitrogens with zero attached hydrogens (tertiary/aromatic N) is 1. The molecule has 3 aromatic carbocycles. The zero-order chi connectivity index (χ0) is 28.0. The van der Waals surface area contributed by atoms with Crippen LogP contribution in [0.5, 0.6) is 5.75 Å². The van der Waals surface area contributed by atoms with Gasteiger partial charge in [-0.05, 0) is 66.2 Å². The number of carbonyl (C=O) groups is 3. The number of methoxy groups -OCH3 is 1. The Morgan fingerprint density at radius 2 is 1.65 bits per heavy atom. The van der Waals surface area contributed by atoms with E-state index in [0.717, 1.165) is 0 Å². The van der Waals surface area contributed by atoms with Crippen molar-refractivity contribution in [3.8, 4) is 5.75 Å². The SMILES string of the molecule is COc1ccc(N2C(=O)[C@@H]3[C@@H](C(=O)Nc4ccc(Cl)cc4)[C@H]4C=C[C@@]3(CNC(=O)[C@H]2c2ccc(Cl)cc2)O4)cc1. The summed E-state index contributed by atoms with van der Waals surface area (Å²) in [6.07, 6.45) is 2.95. The number of nitrogens with one attached hydrogen (secondary N) is 2. The summed E-state index contributed by atoms with van der Waals surface area (Å²) >= 11 is 12.1. The quantitative estimate of drug-likeness (QED) is 0.425. The van der Waals surface area contributed by atoms with Crippen LogP contribution in [0.1, 0.15) is 11.6 Å². The first-order valence-electron chi connectivity index (χ1n) is 12.7. The Labute approximate surface area is 240 Å². The van der Waals surface area contributed by atoms with E-state index in [1.807, 2.05) is 0 Å². The van der Waals surface area contributed by atoms with Gasteiger partial charge in [0.25, 0.3) is 0 Å². The van der Waals surface area contributed by atoms with Gasteiger partial charge in [0.2, 0.25) is 17.7 Å². The van der Waals surface area contributed by atoms with Crippen molar-refractivity contribution < 1.29 is 23.9 Å². The highest BCUT2D eigenvalue weighted by atomic mass is 35.5. The first kappa shape index (κ1) is 26.4. The van der Waals surface area contributed by atoms with Crippen molar-refractivity contribution in [2.75, 3.05) is 23.9 Å². The summed E-state index contributed by atoms with van der Waals surface area (Å²) < 4.78 is 11.6. The van der Waals surface area contributed by atoms with Gasteiger partial charge < -0.3 is 20.1 Å². The summed E-state index contributed by atoms with van der Waals surface area (Å²) in [4.78, 5) is 43.6. The van der Waals surface area contributed by atoms with Gasteiger partial charge in [0.1, 0.15) is 17.4 Å². The number of hydrogen-bond donors (Lipinski definition) is 2. The molecule has 1 spiro atoms. The van der Waals surface area contributed by atoms with Crippen molar-refractivity contribution in [3.63, 3.8) is 0 Å². The number of carbonyl (C=O) groups excluding carboxylic acids is 3. The van der Waals surface area contributed by atoms with Crippen molar-refractivity contribution in [1.82, 2.24) is 5.32 Å². The Bertz CT molecular complexity index is 1490. The van der Waals surface area contributed by atoms with Gasteiger partial charge in [-0.15, -0.1) is 0 Å². The number of benzene rings is 3. The van der Waals surface area contributed by atoms with Crippen LogP contribution in [-0.2, 0) is 19.1 Å². The van der Waals surface area contributed by atoms with E-state index >= 15 is 0 Å². The summed E-state index contributed by atoms with van der Waals surface area (Å²) in [5.41, 5.74) is 0.424. The van der Waals surface area contributed by atoms with Crippen LogP contribution in [0.2, 0.25) is 10.0 Å². The molecule has 5 atom stereocenters. The molecule has 2 fully saturated rings. The van der Waals surface area contributed by atoms with Crippen molar-refractivity contribution in [3.05, 3.63) is 101 Å². The van der Waals surface area contributed by atoms with Crippen LogP contribution < -0.4 is 20.3 Å². The average molecular weight is 578 g/mol. The number of ether oxygens (including phenoxy) is 2. The number of halogens is 2. The predicted molar refractivity (Wildman–Crippen MR) is 151 cm³/mol. The molecule has 8 nitrogen and oxygen atoms in total. The fourth-order valence-corrected chi connectivity index (χ4v) is 6.02. The van der Waals surface area contributed by atoms with E-state index in [0.29, 0.717) is 32.7 Å². The fourth-order valence-electron chi connectivity index (χ4n) is 5.77. The molecule has 2 N–H and O–H groups in total. The number of amides is 3. The third kappa shape index (κ3) is 4.52. The maximum Gasteiger partial charge on any atom is 0.247 e. The minimum absolute atomic E-state index is 0.0422. The zero-order valence-electron chi connectivity index (χ0n) is 21.3. The summed E-state index contributed by atoms with van der Waals surface area (Å²) in [7, 11) is 1.55. The van der Waals surface area contributed by atoms with Gasteiger partial charge in [0, 0.05) is 21.4 Å². The molecule has 0 aromatic heterocycles. The van der Waals surface area contributed by atoms with Gasteiger partial charge in [-0.25, -0.2) is 0 Å². The molecule has 2 bridgehead atoms. The average Bonchev–Trinajstić information content (AvgIpc) is 3.53. The molecule has 40 heavy (non-hydrogen) atoms.